The summed E-state index contributed by atoms with van der Waals surface area (Å²) in [6.45, 7) is 3.48. The standard InChI is InChI=1S/C6H14O3P/c1-2-3-10(4-7,5-8)6-9/h2,7-9H,1,3-6H2/q+1. The van der Waals surface area contributed by atoms with Gasteiger partial charge in [0, 0.05) is 0 Å². The van der Waals surface area contributed by atoms with Crippen LogP contribution in [0.3, 0.4) is 0 Å². The van der Waals surface area contributed by atoms with E-state index in [9.17, 15) is 0 Å². The molecule has 0 aromatic heterocycles. The Hall–Kier alpha value is 0.0500. The SMILES string of the molecule is C=CC[P+](CO)(CO)CO. The summed E-state index contributed by atoms with van der Waals surface area (Å²) < 4.78 is 0. The predicted molar refractivity (Wildman–Crippen MR) is 43.2 cm³/mol. The molecule has 0 amide bonds. The molecule has 0 unspecified atom stereocenters. The molecule has 0 radical (unpaired) electrons. The second-order valence-corrected chi connectivity index (χ2v) is 6.13. The highest BCUT2D eigenvalue weighted by Gasteiger charge is 2.33. The lowest BCUT2D eigenvalue weighted by Gasteiger charge is -2.17. The Labute approximate surface area is 61.3 Å². The van der Waals surface area contributed by atoms with E-state index in [-0.39, 0.29) is 19.0 Å². The molecule has 0 rings (SSSR count). The number of aliphatic hydroxyl groups excluding tert-OH is 3. The van der Waals surface area contributed by atoms with E-state index in [0.717, 1.165) is 0 Å². The van der Waals surface area contributed by atoms with Crippen molar-refractivity contribution in [3.05, 3.63) is 12.7 Å². The number of allylic oxidation sites excluding steroid dienone is 1. The molecule has 0 atom stereocenters. The van der Waals surface area contributed by atoms with Crippen LogP contribution in [-0.4, -0.2) is 40.5 Å². The van der Waals surface area contributed by atoms with Crippen LogP contribution in [0.25, 0.3) is 0 Å². The van der Waals surface area contributed by atoms with Gasteiger partial charge in [-0.25, -0.2) is 0 Å². The average Bonchev–Trinajstić information content (AvgIpc) is 2.01. The van der Waals surface area contributed by atoms with Gasteiger partial charge in [0.25, 0.3) is 0 Å². The van der Waals surface area contributed by atoms with Crippen molar-refractivity contribution in [1.29, 1.82) is 0 Å². The van der Waals surface area contributed by atoms with Gasteiger partial charge < -0.3 is 15.3 Å². The van der Waals surface area contributed by atoms with Gasteiger partial charge in [-0.15, -0.1) is 0 Å². The zero-order valence-corrected chi connectivity index (χ0v) is 6.80. The van der Waals surface area contributed by atoms with E-state index in [1.54, 1.807) is 6.08 Å². The minimum Gasteiger partial charge on any atom is -0.362 e. The predicted octanol–water partition coefficient (Wildman–Crippen LogP) is 0.0394. The van der Waals surface area contributed by atoms with Gasteiger partial charge in [0.2, 0.25) is 0 Å². The van der Waals surface area contributed by atoms with E-state index in [4.69, 9.17) is 15.3 Å². The van der Waals surface area contributed by atoms with Crippen LogP contribution in [0.1, 0.15) is 0 Å². The second kappa shape index (κ2) is 4.80. The molecule has 0 aromatic rings. The van der Waals surface area contributed by atoms with Crippen molar-refractivity contribution in [3.8, 4) is 0 Å². The summed E-state index contributed by atoms with van der Waals surface area (Å²) in [6, 6.07) is 0. The molecule has 0 spiro atoms. The lowest BCUT2D eigenvalue weighted by Crippen LogP contribution is -2.09. The van der Waals surface area contributed by atoms with Crippen molar-refractivity contribution in [3.63, 3.8) is 0 Å². The van der Waals surface area contributed by atoms with Crippen LogP contribution in [-0.2, 0) is 0 Å². The molecular weight excluding hydrogens is 151 g/mol. The molecule has 0 aromatic carbocycles. The van der Waals surface area contributed by atoms with Crippen molar-refractivity contribution >= 4 is 7.26 Å². The summed E-state index contributed by atoms with van der Waals surface area (Å²) in [7, 11) is -1.89. The monoisotopic (exact) mass is 165 g/mol. The fraction of sp³-hybridized carbons (Fsp3) is 0.667. The zero-order chi connectivity index (χ0) is 8.04. The van der Waals surface area contributed by atoms with Crippen molar-refractivity contribution in [2.75, 3.05) is 25.2 Å². The van der Waals surface area contributed by atoms with Gasteiger partial charge in [0.05, 0.1) is 13.4 Å². The Bertz CT molecular complexity index is 92.9. The van der Waals surface area contributed by atoms with E-state index < -0.39 is 7.26 Å². The average molecular weight is 165 g/mol. The van der Waals surface area contributed by atoms with E-state index in [1.807, 2.05) is 0 Å². The van der Waals surface area contributed by atoms with Crippen LogP contribution in [0.5, 0.6) is 0 Å². The van der Waals surface area contributed by atoms with Crippen LogP contribution in [0.2, 0.25) is 0 Å². The maximum absolute atomic E-state index is 8.79. The summed E-state index contributed by atoms with van der Waals surface area (Å²) in [5, 5.41) is 26.4. The molecule has 0 aliphatic rings. The fourth-order valence-corrected chi connectivity index (χ4v) is 1.74. The first-order valence-electron chi connectivity index (χ1n) is 3.03. The molecule has 0 aliphatic heterocycles. The first kappa shape index (κ1) is 10.0. The molecule has 0 saturated heterocycles. The van der Waals surface area contributed by atoms with Crippen molar-refractivity contribution < 1.29 is 15.3 Å². The largest absolute Gasteiger partial charge is 0.362 e. The highest BCUT2D eigenvalue weighted by atomic mass is 31.2. The first-order valence-corrected chi connectivity index (χ1v) is 5.56. The van der Waals surface area contributed by atoms with E-state index in [1.165, 1.54) is 0 Å². The molecule has 4 heteroatoms. The molecule has 3 N–H and O–H groups in total. The number of rotatable bonds is 5. The molecule has 0 saturated carbocycles. The summed E-state index contributed by atoms with van der Waals surface area (Å²) in [6.07, 6.45) is 1.84. The third-order valence-electron chi connectivity index (χ3n) is 1.42. The number of hydrogen-bond acceptors (Lipinski definition) is 3. The second-order valence-electron chi connectivity index (χ2n) is 2.24. The normalized spacial score (nSPS) is 11.5. The van der Waals surface area contributed by atoms with Gasteiger partial charge in [-0.1, -0.05) is 12.7 Å². The zero-order valence-electron chi connectivity index (χ0n) is 5.90. The topological polar surface area (TPSA) is 60.7 Å². The Morgan fingerprint density at radius 2 is 1.50 bits per heavy atom. The Balaban J connectivity index is 4.00. The van der Waals surface area contributed by atoms with Crippen LogP contribution in [0, 0.1) is 0 Å². The quantitative estimate of drug-likeness (QED) is 0.398. The highest BCUT2D eigenvalue weighted by molar-refractivity contribution is 7.75. The van der Waals surface area contributed by atoms with E-state index >= 15 is 0 Å². The van der Waals surface area contributed by atoms with Gasteiger partial charge in [0.15, 0.2) is 19.0 Å². The van der Waals surface area contributed by atoms with Gasteiger partial charge in [-0.2, -0.15) is 0 Å². The smallest absolute Gasteiger partial charge is 0.159 e. The van der Waals surface area contributed by atoms with Crippen LogP contribution in [0.4, 0.5) is 0 Å². The number of hydrogen-bond donors (Lipinski definition) is 3. The van der Waals surface area contributed by atoms with Crippen molar-refractivity contribution in [1.82, 2.24) is 0 Å². The molecule has 0 bridgehead atoms. The maximum atomic E-state index is 8.79. The molecule has 60 valence electrons. The number of aliphatic hydroxyl groups is 3. The van der Waals surface area contributed by atoms with Crippen LogP contribution in [0.15, 0.2) is 12.7 Å². The summed E-state index contributed by atoms with van der Waals surface area (Å²) in [5.41, 5.74) is 0. The summed E-state index contributed by atoms with van der Waals surface area (Å²) in [4.78, 5) is 0. The molecule has 3 nitrogen and oxygen atoms in total. The third kappa shape index (κ3) is 2.35. The first-order chi connectivity index (χ1) is 4.74. The molecule has 10 heavy (non-hydrogen) atoms. The summed E-state index contributed by atoms with van der Waals surface area (Å²) in [5.74, 6) is 0. The van der Waals surface area contributed by atoms with Gasteiger partial charge >= 0.3 is 0 Å². The van der Waals surface area contributed by atoms with Gasteiger partial charge in [0.1, 0.15) is 0 Å². The lowest BCUT2D eigenvalue weighted by atomic mass is 10.8. The van der Waals surface area contributed by atoms with E-state index in [0.29, 0.717) is 6.16 Å². The minimum absolute atomic E-state index is 0.105. The maximum Gasteiger partial charge on any atom is 0.159 e. The summed E-state index contributed by atoms with van der Waals surface area (Å²) >= 11 is 0. The van der Waals surface area contributed by atoms with Crippen molar-refractivity contribution in [2.45, 2.75) is 0 Å². The molecular formula is C6H14O3P+. The molecule has 0 aliphatic carbocycles. The van der Waals surface area contributed by atoms with E-state index in [2.05, 4.69) is 6.58 Å². The van der Waals surface area contributed by atoms with Crippen molar-refractivity contribution in [2.24, 2.45) is 0 Å². The van der Waals surface area contributed by atoms with Crippen LogP contribution < -0.4 is 0 Å². The fourth-order valence-electron chi connectivity index (χ4n) is 0.581. The van der Waals surface area contributed by atoms with Gasteiger partial charge in [-0.05, 0) is 0 Å². The van der Waals surface area contributed by atoms with Gasteiger partial charge in [-0.3, -0.25) is 0 Å². The Kier molecular flexibility index (Phi) is 4.83. The molecule has 0 fully saturated rings. The third-order valence-corrected chi connectivity index (χ3v) is 4.25. The Morgan fingerprint density at radius 3 is 1.60 bits per heavy atom. The van der Waals surface area contributed by atoms with Crippen LogP contribution >= 0.6 is 7.26 Å². The highest BCUT2D eigenvalue weighted by Crippen LogP contribution is 2.55. The minimum atomic E-state index is -1.89. The Morgan fingerprint density at radius 1 is 1.10 bits per heavy atom. The molecule has 0 heterocycles. The lowest BCUT2D eigenvalue weighted by molar-refractivity contribution is 0.312.